The molecule has 0 aliphatic carbocycles. The highest BCUT2D eigenvalue weighted by Gasteiger charge is 2.12. The molecule has 0 aliphatic heterocycles. The molecule has 1 heterocycles. The molecule has 0 saturated carbocycles. The first kappa shape index (κ1) is 14.7. The third kappa shape index (κ3) is 3.22. The summed E-state index contributed by atoms with van der Waals surface area (Å²) >= 11 is 1.64. The Bertz CT molecular complexity index is 602. The number of anilines is 1. The van der Waals surface area contributed by atoms with Gasteiger partial charge in [0.2, 0.25) is 5.88 Å². The monoisotopic (exact) mass is 289 g/mol. The number of para-hydroxylation sites is 1. The first-order valence-electron chi connectivity index (χ1n) is 6.59. The number of nitrogens with zero attached hydrogens (tertiary/aromatic N) is 2. The molecular weight excluding hydrogens is 270 g/mol. The lowest BCUT2D eigenvalue weighted by Crippen LogP contribution is -2.05. The second-order valence-corrected chi connectivity index (χ2v) is 5.31. The van der Waals surface area contributed by atoms with Crippen LogP contribution in [0, 0.1) is 6.92 Å². The first-order chi connectivity index (χ1) is 9.65. The van der Waals surface area contributed by atoms with E-state index in [4.69, 9.17) is 10.5 Å². The molecule has 0 fully saturated rings. The molecule has 4 nitrogen and oxygen atoms in total. The fraction of sp³-hybridized carbons (Fsp3) is 0.333. The van der Waals surface area contributed by atoms with Gasteiger partial charge in [0.15, 0.2) is 0 Å². The van der Waals surface area contributed by atoms with E-state index in [0.29, 0.717) is 11.7 Å². The average Bonchev–Trinajstić information content (AvgIpc) is 2.45. The molecule has 0 saturated heterocycles. The Morgan fingerprint density at radius 2 is 2.00 bits per heavy atom. The quantitative estimate of drug-likeness (QED) is 0.847. The van der Waals surface area contributed by atoms with Gasteiger partial charge in [-0.1, -0.05) is 19.1 Å². The predicted octanol–water partition coefficient (Wildman–Crippen LogP) is 3.83. The van der Waals surface area contributed by atoms with Gasteiger partial charge in [0.05, 0.1) is 5.56 Å². The first-order valence-corrected chi connectivity index (χ1v) is 7.82. The molecule has 2 aromatic rings. The van der Waals surface area contributed by atoms with Gasteiger partial charge in [-0.05, 0) is 31.7 Å². The zero-order chi connectivity index (χ0) is 14.5. The SMILES string of the molecule is CCCc1nc(N)c(C)c(Oc2ccccc2SC)n1. The summed E-state index contributed by atoms with van der Waals surface area (Å²) in [6.45, 7) is 3.96. The Balaban J connectivity index is 2.37. The van der Waals surface area contributed by atoms with Crippen molar-refractivity contribution in [3.05, 3.63) is 35.7 Å². The fourth-order valence-corrected chi connectivity index (χ4v) is 2.33. The van der Waals surface area contributed by atoms with E-state index in [2.05, 4.69) is 16.9 Å². The maximum Gasteiger partial charge on any atom is 0.227 e. The number of hydrogen-bond acceptors (Lipinski definition) is 5. The smallest absolute Gasteiger partial charge is 0.227 e. The number of aryl methyl sites for hydroxylation is 1. The minimum atomic E-state index is 0.486. The second kappa shape index (κ2) is 6.61. The highest BCUT2D eigenvalue weighted by molar-refractivity contribution is 7.98. The van der Waals surface area contributed by atoms with E-state index in [1.54, 1.807) is 11.8 Å². The number of rotatable bonds is 5. The van der Waals surface area contributed by atoms with Crippen LogP contribution in [0.3, 0.4) is 0 Å². The van der Waals surface area contributed by atoms with Crippen LogP contribution >= 0.6 is 11.8 Å². The van der Waals surface area contributed by atoms with Crippen LogP contribution in [0.25, 0.3) is 0 Å². The van der Waals surface area contributed by atoms with Crippen molar-refractivity contribution in [2.24, 2.45) is 0 Å². The highest BCUT2D eigenvalue weighted by atomic mass is 32.2. The van der Waals surface area contributed by atoms with Crippen molar-refractivity contribution in [3.8, 4) is 11.6 Å². The molecule has 0 aliphatic rings. The van der Waals surface area contributed by atoms with Crippen molar-refractivity contribution in [2.45, 2.75) is 31.6 Å². The normalized spacial score (nSPS) is 10.6. The van der Waals surface area contributed by atoms with E-state index in [1.165, 1.54) is 0 Å². The van der Waals surface area contributed by atoms with Gasteiger partial charge in [-0.15, -0.1) is 11.8 Å². The lowest BCUT2D eigenvalue weighted by Gasteiger charge is -2.12. The van der Waals surface area contributed by atoms with Gasteiger partial charge < -0.3 is 10.5 Å². The van der Waals surface area contributed by atoms with Gasteiger partial charge >= 0.3 is 0 Å². The Kier molecular flexibility index (Phi) is 4.84. The van der Waals surface area contributed by atoms with Crippen molar-refractivity contribution in [3.63, 3.8) is 0 Å². The number of benzene rings is 1. The van der Waals surface area contributed by atoms with Crippen molar-refractivity contribution in [1.29, 1.82) is 0 Å². The molecule has 1 aromatic carbocycles. The Morgan fingerprint density at radius 1 is 1.25 bits per heavy atom. The van der Waals surface area contributed by atoms with Gasteiger partial charge in [-0.25, -0.2) is 4.98 Å². The Hall–Kier alpha value is -1.75. The summed E-state index contributed by atoms with van der Waals surface area (Å²) in [7, 11) is 0. The zero-order valence-electron chi connectivity index (χ0n) is 12.0. The summed E-state index contributed by atoms with van der Waals surface area (Å²) in [5.74, 6) is 2.55. The van der Waals surface area contributed by atoms with Gasteiger partial charge in [-0.2, -0.15) is 4.98 Å². The molecule has 5 heteroatoms. The second-order valence-electron chi connectivity index (χ2n) is 4.46. The maximum atomic E-state index is 5.95. The summed E-state index contributed by atoms with van der Waals surface area (Å²) in [5, 5.41) is 0. The van der Waals surface area contributed by atoms with E-state index in [-0.39, 0.29) is 0 Å². The summed E-state index contributed by atoms with van der Waals surface area (Å²) in [6, 6.07) is 7.89. The number of ether oxygens (including phenoxy) is 1. The molecule has 0 unspecified atom stereocenters. The van der Waals surface area contributed by atoms with Crippen LogP contribution in [0.5, 0.6) is 11.6 Å². The van der Waals surface area contributed by atoms with Gasteiger partial charge in [0.1, 0.15) is 17.4 Å². The maximum absolute atomic E-state index is 5.95. The third-order valence-corrected chi connectivity index (χ3v) is 3.71. The molecule has 0 amide bonds. The van der Waals surface area contributed by atoms with Crippen LogP contribution in [-0.2, 0) is 6.42 Å². The van der Waals surface area contributed by atoms with Gasteiger partial charge in [0.25, 0.3) is 0 Å². The molecule has 0 atom stereocenters. The Labute approximate surface area is 123 Å². The fourth-order valence-electron chi connectivity index (χ4n) is 1.80. The topological polar surface area (TPSA) is 61.0 Å². The van der Waals surface area contributed by atoms with E-state index < -0.39 is 0 Å². The van der Waals surface area contributed by atoms with Crippen molar-refractivity contribution in [1.82, 2.24) is 9.97 Å². The number of thioether (sulfide) groups is 1. The molecule has 1 aromatic heterocycles. The van der Waals surface area contributed by atoms with Crippen LogP contribution in [-0.4, -0.2) is 16.2 Å². The molecule has 0 bridgehead atoms. The van der Waals surface area contributed by atoms with E-state index >= 15 is 0 Å². The van der Waals surface area contributed by atoms with Crippen LogP contribution in [0.15, 0.2) is 29.2 Å². The lowest BCUT2D eigenvalue weighted by molar-refractivity contribution is 0.444. The molecule has 0 spiro atoms. The number of nitrogens with two attached hydrogens (primary N) is 1. The highest BCUT2D eigenvalue weighted by Crippen LogP contribution is 2.32. The standard InChI is InChI=1S/C15H19N3OS/c1-4-7-13-17-14(16)10(2)15(18-13)19-11-8-5-6-9-12(11)20-3/h5-6,8-9H,4,7H2,1-3H3,(H2,16,17,18). The van der Waals surface area contributed by atoms with Crippen LogP contribution in [0.4, 0.5) is 5.82 Å². The molecular formula is C15H19N3OS. The van der Waals surface area contributed by atoms with Crippen molar-refractivity contribution in [2.75, 3.05) is 12.0 Å². The van der Waals surface area contributed by atoms with Gasteiger partial charge in [0, 0.05) is 11.3 Å². The van der Waals surface area contributed by atoms with Crippen molar-refractivity contribution >= 4 is 17.6 Å². The molecule has 2 N–H and O–H groups in total. The minimum absolute atomic E-state index is 0.486. The van der Waals surface area contributed by atoms with Gasteiger partial charge in [-0.3, -0.25) is 0 Å². The largest absolute Gasteiger partial charge is 0.437 e. The Morgan fingerprint density at radius 3 is 2.70 bits per heavy atom. The van der Waals surface area contributed by atoms with Crippen LogP contribution < -0.4 is 10.5 Å². The minimum Gasteiger partial charge on any atom is -0.437 e. The van der Waals surface area contributed by atoms with Crippen molar-refractivity contribution < 1.29 is 4.74 Å². The lowest BCUT2D eigenvalue weighted by atomic mass is 10.3. The molecule has 2 rings (SSSR count). The third-order valence-electron chi connectivity index (χ3n) is 2.93. The number of aromatic nitrogens is 2. The predicted molar refractivity (Wildman–Crippen MR) is 83.5 cm³/mol. The number of hydrogen-bond donors (Lipinski definition) is 1. The molecule has 106 valence electrons. The summed E-state index contributed by atoms with van der Waals surface area (Å²) in [5.41, 5.74) is 6.72. The van der Waals surface area contributed by atoms with Crippen LogP contribution in [0.1, 0.15) is 24.7 Å². The summed E-state index contributed by atoms with van der Waals surface area (Å²) in [6.07, 6.45) is 3.79. The number of nitrogen functional groups attached to an aromatic ring is 1. The zero-order valence-corrected chi connectivity index (χ0v) is 12.8. The summed E-state index contributed by atoms with van der Waals surface area (Å²) < 4.78 is 5.95. The molecule has 0 radical (unpaired) electrons. The average molecular weight is 289 g/mol. The van der Waals surface area contributed by atoms with Crippen LogP contribution in [0.2, 0.25) is 0 Å². The molecule has 20 heavy (non-hydrogen) atoms. The van der Waals surface area contributed by atoms with E-state index in [0.717, 1.165) is 34.9 Å². The summed E-state index contributed by atoms with van der Waals surface area (Å²) in [4.78, 5) is 9.83. The van der Waals surface area contributed by atoms with E-state index in [1.807, 2.05) is 37.4 Å². The van der Waals surface area contributed by atoms with E-state index in [9.17, 15) is 0 Å².